The van der Waals surface area contributed by atoms with Crippen LogP contribution in [0.25, 0.3) is 0 Å². The van der Waals surface area contributed by atoms with Crippen LogP contribution in [0.5, 0.6) is 0 Å². The predicted octanol–water partition coefficient (Wildman–Crippen LogP) is 2.24. The Labute approximate surface area is 118 Å². The van der Waals surface area contributed by atoms with Crippen LogP contribution in [0.4, 0.5) is 4.39 Å². The molecule has 1 aliphatic heterocycles. The van der Waals surface area contributed by atoms with Crippen molar-refractivity contribution in [2.75, 3.05) is 13.1 Å². The van der Waals surface area contributed by atoms with Crippen LogP contribution in [0.15, 0.2) is 35.4 Å². The molecule has 0 aromatic heterocycles. The summed E-state index contributed by atoms with van der Waals surface area (Å²) in [6.07, 6.45) is 2.11. The third kappa shape index (κ3) is 2.75. The van der Waals surface area contributed by atoms with Gasteiger partial charge in [0.2, 0.25) is 5.91 Å². The third-order valence-electron chi connectivity index (χ3n) is 4.02. The molecule has 2 fully saturated rings. The molecule has 4 heteroatoms. The van der Waals surface area contributed by atoms with Crippen LogP contribution in [0.2, 0.25) is 0 Å². The Balaban J connectivity index is 1.77. The van der Waals surface area contributed by atoms with Crippen LogP contribution in [0.3, 0.4) is 0 Å². The summed E-state index contributed by atoms with van der Waals surface area (Å²) in [5.41, 5.74) is 2.90. The lowest BCUT2D eigenvalue weighted by Gasteiger charge is -2.27. The molecule has 1 saturated carbocycles. The highest BCUT2D eigenvalue weighted by Crippen LogP contribution is 2.30. The van der Waals surface area contributed by atoms with E-state index >= 15 is 0 Å². The van der Waals surface area contributed by atoms with Gasteiger partial charge in [-0.05, 0) is 43.0 Å². The third-order valence-corrected chi connectivity index (χ3v) is 4.02. The minimum Gasteiger partial charge on any atom is -0.332 e. The number of hydrogen-bond acceptors (Lipinski definition) is 2. The zero-order chi connectivity index (χ0) is 14.1. The molecule has 1 aromatic rings. The molecule has 0 bridgehead atoms. The minimum absolute atomic E-state index is 0.105. The van der Waals surface area contributed by atoms with Gasteiger partial charge in [0, 0.05) is 31.2 Å². The second kappa shape index (κ2) is 5.37. The first kappa shape index (κ1) is 13.3. The van der Waals surface area contributed by atoms with E-state index < -0.39 is 0 Å². The first-order valence-corrected chi connectivity index (χ1v) is 7.10. The van der Waals surface area contributed by atoms with Crippen molar-refractivity contribution >= 4 is 5.91 Å². The Morgan fingerprint density at radius 3 is 2.70 bits per heavy atom. The Bertz CT molecular complexity index is 557. The number of nitrogens with zero attached hydrogens (tertiary/aromatic N) is 1. The van der Waals surface area contributed by atoms with E-state index in [9.17, 15) is 9.18 Å². The highest BCUT2D eigenvalue weighted by Gasteiger charge is 2.34. The standard InChI is InChI=1S/C16H19FN2O/c1-11(13-8-18-9-13)16(20)19(15-5-6-15)10-12-3-2-4-14(17)7-12/h2-4,7,15,18H,5-6,8-10H2,1H3. The van der Waals surface area contributed by atoms with Crippen LogP contribution in [0, 0.1) is 5.82 Å². The van der Waals surface area contributed by atoms with Crippen molar-refractivity contribution in [2.24, 2.45) is 0 Å². The van der Waals surface area contributed by atoms with Gasteiger partial charge in [0.25, 0.3) is 0 Å². The number of carbonyl (C=O) groups excluding carboxylic acids is 1. The lowest BCUT2D eigenvalue weighted by molar-refractivity contribution is -0.128. The quantitative estimate of drug-likeness (QED) is 0.854. The van der Waals surface area contributed by atoms with Gasteiger partial charge in [-0.15, -0.1) is 0 Å². The number of rotatable bonds is 4. The fraction of sp³-hybridized carbons (Fsp3) is 0.438. The summed E-state index contributed by atoms with van der Waals surface area (Å²) in [4.78, 5) is 14.5. The fourth-order valence-corrected chi connectivity index (χ4v) is 2.47. The zero-order valence-corrected chi connectivity index (χ0v) is 11.7. The SMILES string of the molecule is CC(C(=O)N(Cc1cccc(F)c1)C1CC1)=C1CNC1. The summed E-state index contributed by atoms with van der Waals surface area (Å²) in [6.45, 7) is 4.03. The molecular weight excluding hydrogens is 255 g/mol. The summed E-state index contributed by atoms with van der Waals surface area (Å²) < 4.78 is 13.3. The molecule has 1 heterocycles. The van der Waals surface area contributed by atoms with Gasteiger partial charge in [0.1, 0.15) is 5.82 Å². The maximum absolute atomic E-state index is 13.3. The maximum atomic E-state index is 13.3. The van der Waals surface area contributed by atoms with Crippen molar-refractivity contribution in [1.29, 1.82) is 0 Å². The molecule has 1 aromatic carbocycles. The molecule has 1 amide bonds. The number of hydrogen-bond donors (Lipinski definition) is 1. The van der Waals surface area contributed by atoms with E-state index in [1.54, 1.807) is 6.07 Å². The second-order valence-corrected chi connectivity index (χ2v) is 5.63. The van der Waals surface area contributed by atoms with Gasteiger partial charge < -0.3 is 10.2 Å². The molecule has 0 spiro atoms. The molecule has 3 rings (SSSR count). The van der Waals surface area contributed by atoms with Gasteiger partial charge in [-0.1, -0.05) is 12.1 Å². The van der Waals surface area contributed by atoms with Gasteiger partial charge in [0.15, 0.2) is 0 Å². The second-order valence-electron chi connectivity index (χ2n) is 5.63. The molecule has 1 aliphatic carbocycles. The van der Waals surface area contributed by atoms with Crippen molar-refractivity contribution < 1.29 is 9.18 Å². The monoisotopic (exact) mass is 274 g/mol. The summed E-state index contributed by atoms with van der Waals surface area (Å²) in [6, 6.07) is 6.84. The van der Waals surface area contributed by atoms with E-state index in [2.05, 4.69) is 5.32 Å². The Kier molecular flexibility index (Phi) is 3.57. The Morgan fingerprint density at radius 2 is 2.15 bits per heavy atom. The zero-order valence-electron chi connectivity index (χ0n) is 11.7. The first-order chi connectivity index (χ1) is 9.65. The molecule has 1 N–H and O–H groups in total. The van der Waals surface area contributed by atoms with Gasteiger partial charge in [0.05, 0.1) is 0 Å². The predicted molar refractivity (Wildman–Crippen MR) is 75.5 cm³/mol. The van der Waals surface area contributed by atoms with Gasteiger partial charge in [-0.3, -0.25) is 4.79 Å². The van der Waals surface area contributed by atoms with Crippen molar-refractivity contribution in [2.45, 2.75) is 32.4 Å². The number of carbonyl (C=O) groups is 1. The fourth-order valence-electron chi connectivity index (χ4n) is 2.47. The Morgan fingerprint density at radius 1 is 1.40 bits per heavy atom. The highest BCUT2D eigenvalue weighted by molar-refractivity contribution is 5.94. The summed E-state index contributed by atoms with van der Waals surface area (Å²) in [5.74, 6) is -0.141. The number of benzene rings is 1. The topological polar surface area (TPSA) is 32.3 Å². The van der Waals surface area contributed by atoms with E-state index in [-0.39, 0.29) is 11.7 Å². The molecule has 20 heavy (non-hydrogen) atoms. The van der Waals surface area contributed by atoms with Crippen molar-refractivity contribution in [3.8, 4) is 0 Å². The summed E-state index contributed by atoms with van der Waals surface area (Å²) >= 11 is 0. The van der Waals surface area contributed by atoms with Crippen molar-refractivity contribution in [3.63, 3.8) is 0 Å². The molecule has 2 aliphatic rings. The maximum Gasteiger partial charge on any atom is 0.250 e. The summed E-state index contributed by atoms with van der Waals surface area (Å²) in [7, 11) is 0. The van der Waals surface area contributed by atoms with Crippen LogP contribution in [0.1, 0.15) is 25.3 Å². The van der Waals surface area contributed by atoms with Gasteiger partial charge in [-0.25, -0.2) is 4.39 Å². The van der Waals surface area contributed by atoms with Crippen LogP contribution in [-0.2, 0) is 11.3 Å². The molecule has 0 unspecified atom stereocenters. The number of amides is 1. The highest BCUT2D eigenvalue weighted by atomic mass is 19.1. The lowest BCUT2D eigenvalue weighted by atomic mass is 10.0. The van der Waals surface area contributed by atoms with Crippen molar-refractivity contribution in [1.82, 2.24) is 10.2 Å². The molecule has 0 radical (unpaired) electrons. The van der Waals surface area contributed by atoms with E-state index in [1.807, 2.05) is 17.9 Å². The van der Waals surface area contributed by atoms with Gasteiger partial charge >= 0.3 is 0 Å². The normalized spacial score (nSPS) is 17.6. The van der Waals surface area contributed by atoms with E-state index in [0.29, 0.717) is 12.6 Å². The van der Waals surface area contributed by atoms with E-state index in [1.165, 1.54) is 17.7 Å². The van der Waals surface area contributed by atoms with Crippen LogP contribution < -0.4 is 5.32 Å². The first-order valence-electron chi connectivity index (χ1n) is 7.10. The largest absolute Gasteiger partial charge is 0.332 e. The average molecular weight is 274 g/mol. The number of nitrogens with one attached hydrogen (secondary N) is 1. The Hall–Kier alpha value is -1.68. The molecular formula is C16H19FN2O. The number of halogens is 1. The van der Waals surface area contributed by atoms with E-state index in [0.717, 1.165) is 37.1 Å². The smallest absolute Gasteiger partial charge is 0.250 e. The average Bonchev–Trinajstić information content (AvgIpc) is 3.17. The molecule has 3 nitrogen and oxygen atoms in total. The van der Waals surface area contributed by atoms with Crippen LogP contribution >= 0.6 is 0 Å². The molecule has 1 saturated heterocycles. The minimum atomic E-state index is -0.246. The lowest BCUT2D eigenvalue weighted by Crippen LogP contribution is -2.39. The summed E-state index contributed by atoms with van der Waals surface area (Å²) in [5, 5.41) is 3.16. The molecule has 0 atom stereocenters. The van der Waals surface area contributed by atoms with Gasteiger partial charge in [-0.2, -0.15) is 0 Å². The van der Waals surface area contributed by atoms with Crippen molar-refractivity contribution in [3.05, 3.63) is 46.8 Å². The molecule has 106 valence electrons. The van der Waals surface area contributed by atoms with E-state index in [4.69, 9.17) is 0 Å². The van der Waals surface area contributed by atoms with Crippen LogP contribution in [-0.4, -0.2) is 29.9 Å².